The van der Waals surface area contributed by atoms with E-state index in [-0.39, 0.29) is 18.0 Å². The molecule has 2 aromatic heterocycles. The van der Waals surface area contributed by atoms with Crippen LogP contribution in [-0.4, -0.2) is 26.8 Å². The maximum Gasteiger partial charge on any atom is 0.291 e. The zero-order valence-corrected chi connectivity index (χ0v) is 15.6. The molecule has 0 unspecified atom stereocenters. The molecule has 0 bridgehead atoms. The Hall–Kier alpha value is -2.89. The number of hydrogen-bond donors (Lipinski definition) is 1. The number of aromatic nitrogens is 3. The van der Waals surface area contributed by atoms with Crippen LogP contribution in [0.15, 0.2) is 46.9 Å². The first-order chi connectivity index (χ1) is 13.1. The van der Waals surface area contributed by atoms with Gasteiger partial charge in [-0.3, -0.25) is 9.59 Å². The van der Waals surface area contributed by atoms with Crippen molar-refractivity contribution >= 4 is 27.7 Å². The normalized spacial score (nSPS) is 14.5. The molecule has 1 aromatic carbocycles. The number of rotatable bonds is 5. The van der Waals surface area contributed by atoms with E-state index < -0.39 is 0 Å². The summed E-state index contributed by atoms with van der Waals surface area (Å²) in [5, 5.41) is 8.87. The first-order valence-corrected chi connectivity index (χ1v) is 9.53. The van der Waals surface area contributed by atoms with E-state index in [1.54, 1.807) is 13.2 Å². The zero-order chi connectivity index (χ0) is 18.8. The largest absolute Gasteiger partial charge is 0.354 e. The van der Waals surface area contributed by atoms with Gasteiger partial charge in [0.2, 0.25) is 5.91 Å². The third kappa shape index (κ3) is 3.39. The van der Waals surface area contributed by atoms with Gasteiger partial charge in [-0.2, -0.15) is 5.10 Å². The van der Waals surface area contributed by atoms with E-state index in [0.29, 0.717) is 12.1 Å². The second kappa shape index (κ2) is 7.39. The van der Waals surface area contributed by atoms with E-state index in [4.69, 9.17) is 0 Å². The Balaban J connectivity index is 1.58. The number of para-hydroxylation sites is 1. The van der Waals surface area contributed by atoms with Gasteiger partial charge in [-0.15, -0.1) is 0 Å². The quantitative estimate of drug-likeness (QED) is 0.708. The van der Waals surface area contributed by atoms with Crippen LogP contribution < -0.4 is 10.9 Å². The summed E-state index contributed by atoms with van der Waals surface area (Å²) in [4.78, 5) is 25.2. The van der Waals surface area contributed by atoms with Gasteiger partial charge in [0.15, 0.2) is 0 Å². The van der Waals surface area contributed by atoms with Crippen LogP contribution in [0.5, 0.6) is 0 Å². The number of carbonyl (C=O) groups excluding carboxylic acids is 1. The lowest BCUT2D eigenvalue weighted by Crippen LogP contribution is -2.30. The number of amides is 1. The monoisotopic (exact) mass is 364 g/mol. The van der Waals surface area contributed by atoms with Crippen molar-refractivity contribution in [3.05, 3.63) is 52.5 Å². The standard InChI is InChI=1S/C21H24N4O2/c1-24-21(27)20-17(13-23-24)16-9-5-6-10-18(16)25(20)14-19(26)22-12-11-15-7-3-2-4-8-15/h5-7,9-10,13H,2-4,8,11-12,14H2,1H3,(H,22,26). The van der Waals surface area contributed by atoms with E-state index in [1.807, 2.05) is 28.8 Å². The van der Waals surface area contributed by atoms with Crippen molar-refractivity contribution in [1.82, 2.24) is 19.7 Å². The number of carbonyl (C=O) groups is 1. The van der Waals surface area contributed by atoms with Crippen LogP contribution >= 0.6 is 0 Å². The number of allylic oxidation sites excluding steroid dienone is 1. The average molecular weight is 364 g/mol. The third-order valence-corrected chi connectivity index (χ3v) is 5.32. The molecule has 1 amide bonds. The van der Waals surface area contributed by atoms with E-state index in [1.165, 1.54) is 23.1 Å². The maximum absolute atomic E-state index is 12.7. The lowest BCUT2D eigenvalue weighted by atomic mass is 9.97. The van der Waals surface area contributed by atoms with Crippen LogP contribution in [0.3, 0.4) is 0 Å². The molecule has 3 aromatic rings. The van der Waals surface area contributed by atoms with Crippen LogP contribution in [-0.2, 0) is 18.4 Å². The van der Waals surface area contributed by atoms with Gasteiger partial charge < -0.3 is 9.88 Å². The molecule has 0 radical (unpaired) electrons. The summed E-state index contributed by atoms with van der Waals surface area (Å²) in [7, 11) is 1.63. The number of benzene rings is 1. The lowest BCUT2D eigenvalue weighted by Gasteiger charge is -2.13. The molecule has 2 heterocycles. The molecule has 140 valence electrons. The summed E-state index contributed by atoms with van der Waals surface area (Å²) in [5.74, 6) is -0.0760. The van der Waals surface area contributed by atoms with Crippen LogP contribution in [0.2, 0.25) is 0 Å². The van der Waals surface area contributed by atoms with Crippen LogP contribution in [0.1, 0.15) is 32.1 Å². The molecule has 4 rings (SSSR count). The van der Waals surface area contributed by atoms with Gasteiger partial charge in [-0.1, -0.05) is 29.8 Å². The average Bonchev–Trinajstić information content (AvgIpc) is 3.00. The summed E-state index contributed by atoms with van der Waals surface area (Å²) in [6.07, 6.45) is 9.73. The van der Waals surface area contributed by atoms with E-state index in [2.05, 4.69) is 16.5 Å². The third-order valence-electron chi connectivity index (χ3n) is 5.32. The molecule has 0 spiro atoms. The van der Waals surface area contributed by atoms with Crippen molar-refractivity contribution in [3.63, 3.8) is 0 Å². The molecule has 0 aliphatic heterocycles. The van der Waals surface area contributed by atoms with Crippen LogP contribution in [0.25, 0.3) is 21.8 Å². The minimum Gasteiger partial charge on any atom is -0.354 e. The molecule has 1 aliphatic carbocycles. The SMILES string of the molecule is Cn1ncc2c3ccccc3n(CC(=O)NCCC3=CCCCC3)c2c1=O. The fourth-order valence-electron chi connectivity index (χ4n) is 3.90. The van der Waals surface area contributed by atoms with E-state index >= 15 is 0 Å². The first kappa shape index (κ1) is 17.5. The molecular formula is C21H24N4O2. The molecule has 1 aliphatic rings. The van der Waals surface area contributed by atoms with Crippen molar-refractivity contribution in [2.24, 2.45) is 7.05 Å². The van der Waals surface area contributed by atoms with Crippen LogP contribution in [0.4, 0.5) is 0 Å². The molecule has 0 fully saturated rings. The maximum atomic E-state index is 12.7. The summed E-state index contributed by atoms with van der Waals surface area (Å²) in [6.45, 7) is 0.768. The topological polar surface area (TPSA) is 68.9 Å². The van der Waals surface area contributed by atoms with E-state index in [0.717, 1.165) is 35.6 Å². The van der Waals surface area contributed by atoms with Crippen molar-refractivity contribution < 1.29 is 4.79 Å². The van der Waals surface area contributed by atoms with Crippen molar-refractivity contribution in [2.45, 2.75) is 38.6 Å². The molecule has 6 nitrogen and oxygen atoms in total. The fourth-order valence-corrected chi connectivity index (χ4v) is 3.90. The van der Waals surface area contributed by atoms with E-state index in [9.17, 15) is 9.59 Å². The van der Waals surface area contributed by atoms with Crippen LogP contribution in [0, 0.1) is 0 Å². The van der Waals surface area contributed by atoms with Gasteiger partial charge in [0, 0.05) is 29.9 Å². The van der Waals surface area contributed by atoms with Gasteiger partial charge >= 0.3 is 0 Å². The Morgan fingerprint density at radius 3 is 2.89 bits per heavy atom. The lowest BCUT2D eigenvalue weighted by molar-refractivity contribution is -0.121. The number of fused-ring (bicyclic) bond motifs is 3. The second-order valence-corrected chi connectivity index (χ2v) is 7.15. The van der Waals surface area contributed by atoms with Gasteiger partial charge in [0.25, 0.3) is 5.56 Å². The number of hydrogen-bond acceptors (Lipinski definition) is 3. The predicted molar refractivity (Wildman–Crippen MR) is 107 cm³/mol. The highest BCUT2D eigenvalue weighted by atomic mass is 16.2. The zero-order valence-electron chi connectivity index (χ0n) is 15.6. The van der Waals surface area contributed by atoms with Crippen molar-refractivity contribution in [2.75, 3.05) is 6.54 Å². The smallest absolute Gasteiger partial charge is 0.291 e. The van der Waals surface area contributed by atoms with Gasteiger partial charge in [0.1, 0.15) is 12.1 Å². The van der Waals surface area contributed by atoms with Gasteiger partial charge in [0.05, 0.1) is 6.20 Å². The Bertz CT molecular complexity index is 1090. The number of nitrogens with zero attached hydrogens (tertiary/aromatic N) is 3. The summed E-state index contributed by atoms with van der Waals surface area (Å²) >= 11 is 0. The highest BCUT2D eigenvalue weighted by molar-refractivity contribution is 6.07. The first-order valence-electron chi connectivity index (χ1n) is 9.53. The minimum absolute atomic E-state index is 0.0760. The van der Waals surface area contributed by atoms with Crippen molar-refractivity contribution in [1.29, 1.82) is 0 Å². The number of nitrogens with one attached hydrogen (secondary N) is 1. The molecule has 6 heteroatoms. The summed E-state index contributed by atoms with van der Waals surface area (Å²) in [6, 6.07) is 7.75. The molecule has 0 atom stereocenters. The Morgan fingerprint density at radius 1 is 1.22 bits per heavy atom. The van der Waals surface area contributed by atoms with Gasteiger partial charge in [-0.05, 0) is 38.2 Å². The molecule has 1 N–H and O–H groups in total. The molecule has 27 heavy (non-hydrogen) atoms. The highest BCUT2D eigenvalue weighted by Gasteiger charge is 2.16. The second-order valence-electron chi connectivity index (χ2n) is 7.15. The van der Waals surface area contributed by atoms with Crippen molar-refractivity contribution in [3.8, 4) is 0 Å². The minimum atomic E-state index is -0.191. The molecule has 0 saturated carbocycles. The summed E-state index contributed by atoms with van der Waals surface area (Å²) in [5.41, 5.74) is 2.66. The predicted octanol–water partition coefficient (Wildman–Crippen LogP) is 2.89. The number of aryl methyl sites for hydroxylation is 1. The fraction of sp³-hybridized carbons (Fsp3) is 0.381. The summed E-state index contributed by atoms with van der Waals surface area (Å²) < 4.78 is 3.12. The Kier molecular flexibility index (Phi) is 4.79. The molecule has 0 saturated heterocycles. The molecular weight excluding hydrogens is 340 g/mol. The Labute approximate surface area is 157 Å². The van der Waals surface area contributed by atoms with Gasteiger partial charge in [-0.25, -0.2) is 4.68 Å². The Morgan fingerprint density at radius 2 is 2.07 bits per heavy atom. The highest BCUT2D eigenvalue weighted by Crippen LogP contribution is 2.26.